The zero-order valence-corrected chi connectivity index (χ0v) is 15.9. The Morgan fingerprint density at radius 1 is 1.00 bits per heavy atom. The fourth-order valence-electron chi connectivity index (χ4n) is 2.41. The van der Waals surface area contributed by atoms with Gasteiger partial charge in [0.15, 0.2) is 6.10 Å². The van der Waals surface area contributed by atoms with E-state index in [1.54, 1.807) is 12.1 Å². The second-order valence-electron chi connectivity index (χ2n) is 5.82. The van der Waals surface area contributed by atoms with Gasteiger partial charge in [0, 0.05) is 5.02 Å². The number of halogens is 1. The molecule has 3 aromatic rings. The van der Waals surface area contributed by atoms with E-state index >= 15 is 0 Å². The quantitative estimate of drug-likeness (QED) is 0.617. The molecule has 0 saturated carbocycles. The third-order valence-electron chi connectivity index (χ3n) is 3.82. The first-order valence-electron chi connectivity index (χ1n) is 8.08. The Labute approximate surface area is 162 Å². The molecule has 2 N–H and O–H groups in total. The van der Waals surface area contributed by atoms with Gasteiger partial charge in [-0.2, -0.15) is 0 Å². The zero-order valence-electron chi connectivity index (χ0n) is 14.3. The molecule has 8 heteroatoms. The smallest absolute Gasteiger partial charge is 0.275 e. The summed E-state index contributed by atoms with van der Waals surface area (Å²) in [6, 6.07) is 18.9. The standard InChI is InChI=1S/C19H17ClN2O4S/c1-13(26-17-10-9-14-5-2-3-6-15(14)11-17)19(23)21-22-27(24,25)18-8-4-7-16(20)12-18/h2-13,22H,1H3,(H,21,23)/t13-/m0/s1. The Hall–Kier alpha value is -2.61. The first-order chi connectivity index (χ1) is 12.8. The lowest BCUT2D eigenvalue weighted by molar-refractivity contribution is -0.127. The van der Waals surface area contributed by atoms with Crippen LogP contribution in [-0.2, 0) is 14.8 Å². The molecule has 0 bridgehead atoms. The van der Waals surface area contributed by atoms with Crippen molar-refractivity contribution in [3.63, 3.8) is 0 Å². The van der Waals surface area contributed by atoms with Crippen molar-refractivity contribution in [3.05, 3.63) is 71.8 Å². The maximum Gasteiger partial charge on any atom is 0.275 e. The lowest BCUT2D eigenvalue weighted by Crippen LogP contribution is -2.47. The van der Waals surface area contributed by atoms with Gasteiger partial charge in [-0.15, -0.1) is 4.83 Å². The molecular weight excluding hydrogens is 388 g/mol. The van der Waals surface area contributed by atoms with Gasteiger partial charge in [0.1, 0.15) is 5.75 Å². The number of rotatable bonds is 6. The highest BCUT2D eigenvalue weighted by Crippen LogP contribution is 2.21. The molecule has 140 valence electrons. The van der Waals surface area contributed by atoms with Crippen LogP contribution in [-0.4, -0.2) is 20.4 Å². The minimum Gasteiger partial charge on any atom is -0.481 e. The van der Waals surface area contributed by atoms with E-state index in [4.69, 9.17) is 16.3 Å². The molecule has 0 radical (unpaired) electrons. The molecule has 0 saturated heterocycles. The van der Waals surface area contributed by atoms with Crippen LogP contribution in [0.15, 0.2) is 71.6 Å². The monoisotopic (exact) mass is 404 g/mol. The third-order valence-corrected chi connectivity index (χ3v) is 5.30. The van der Waals surface area contributed by atoms with E-state index in [0.29, 0.717) is 5.75 Å². The van der Waals surface area contributed by atoms with Gasteiger partial charge in [0.2, 0.25) is 0 Å². The average Bonchev–Trinajstić information content (AvgIpc) is 2.66. The number of fused-ring (bicyclic) bond motifs is 1. The number of amides is 1. The Bertz CT molecular complexity index is 1090. The van der Waals surface area contributed by atoms with Crippen LogP contribution < -0.4 is 15.0 Å². The van der Waals surface area contributed by atoms with Gasteiger partial charge in [0.05, 0.1) is 4.90 Å². The maximum atomic E-state index is 12.2. The van der Waals surface area contributed by atoms with Crippen LogP contribution in [0.3, 0.4) is 0 Å². The third kappa shape index (κ3) is 4.77. The van der Waals surface area contributed by atoms with Crippen molar-refractivity contribution in [1.82, 2.24) is 10.3 Å². The predicted octanol–water partition coefficient (Wildman–Crippen LogP) is 3.27. The molecule has 27 heavy (non-hydrogen) atoms. The van der Waals surface area contributed by atoms with Crippen LogP contribution in [0.1, 0.15) is 6.92 Å². The normalized spacial score (nSPS) is 12.5. The molecule has 0 spiro atoms. The van der Waals surface area contributed by atoms with Crippen LogP contribution in [0, 0.1) is 0 Å². The number of sulfonamides is 1. The number of hydrogen-bond acceptors (Lipinski definition) is 4. The van der Waals surface area contributed by atoms with Crippen LogP contribution >= 0.6 is 11.6 Å². The number of carbonyl (C=O) groups excluding carboxylic acids is 1. The summed E-state index contributed by atoms with van der Waals surface area (Å²) in [7, 11) is -3.93. The Morgan fingerprint density at radius 2 is 1.74 bits per heavy atom. The first-order valence-corrected chi connectivity index (χ1v) is 9.94. The van der Waals surface area contributed by atoms with E-state index in [0.717, 1.165) is 10.8 Å². The van der Waals surface area contributed by atoms with Gasteiger partial charge in [0.25, 0.3) is 15.9 Å². The highest BCUT2D eigenvalue weighted by molar-refractivity contribution is 7.89. The number of benzene rings is 3. The SMILES string of the molecule is C[C@H](Oc1ccc2ccccc2c1)C(=O)NNS(=O)(=O)c1cccc(Cl)c1. The topological polar surface area (TPSA) is 84.5 Å². The van der Waals surface area contributed by atoms with Gasteiger partial charge in [-0.3, -0.25) is 10.2 Å². The molecule has 0 aliphatic rings. The Kier molecular flexibility index (Phi) is 5.65. The van der Waals surface area contributed by atoms with Gasteiger partial charge in [-0.1, -0.05) is 48.0 Å². The molecule has 3 aromatic carbocycles. The molecule has 1 atom stereocenters. The minimum atomic E-state index is -3.93. The van der Waals surface area contributed by atoms with Crippen molar-refractivity contribution in [2.75, 3.05) is 0 Å². The van der Waals surface area contributed by atoms with Gasteiger partial charge in [-0.25, -0.2) is 8.42 Å². The summed E-state index contributed by atoms with van der Waals surface area (Å²) in [6.45, 7) is 1.53. The van der Waals surface area contributed by atoms with E-state index in [1.807, 2.05) is 41.2 Å². The second kappa shape index (κ2) is 7.96. The summed E-state index contributed by atoms with van der Waals surface area (Å²) in [6.07, 6.45) is -0.909. The van der Waals surface area contributed by atoms with Crippen molar-refractivity contribution >= 4 is 38.3 Å². The lowest BCUT2D eigenvalue weighted by Gasteiger charge is -2.15. The van der Waals surface area contributed by atoms with Crippen LogP contribution in [0.2, 0.25) is 5.02 Å². The summed E-state index contributed by atoms with van der Waals surface area (Å²) in [5, 5.41) is 2.30. The second-order valence-corrected chi connectivity index (χ2v) is 7.94. The van der Waals surface area contributed by atoms with Crippen LogP contribution in [0.25, 0.3) is 10.8 Å². The molecule has 6 nitrogen and oxygen atoms in total. The number of ether oxygens (including phenoxy) is 1. The van der Waals surface area contributed by atoms with Crippen molar-refractivity contribution in [3.8, 4) is 5.75 Å². The molecule has 0 fully saturated rings. The zero-order chi connectivity index (χ0) is 19.4. The van der Waals surface area contributed by atoms with Gasteiger partial charge in [-0.05, 0) is 48.0 Å². The number of carbonyl (C=O) groups is 1. The molecule has 0 aromatic heterocycles. The van der Waals surface area contributed by atoms with E-state index in [1.165, 1.54) is 25.1 Å². The molecule has 0 aliphatic heterocycles. The first kappa shape index (κ1) is 19.2. The van der Waals surface area contributed by atoms with Crippen molar-refractivity contribution < 1.29 is 17.9 Å². The van der Waals surface area contributed by atoms with Gasteiger partial charge >= 0.3 is 0 Å². The molecular formula is C19H17ClN2O4S. The van der Waals surface area contributed by atoms with E-state index in [9.17, 15) is 13.2 Å². The number of hydrazine groups is 1. The lowest BCUT2D eigenvalue weighted by atomic mass is 10.1. The highest BCUT2D eigenvalue weighted by atomic mass is 35.5. The predicted molar refractivity (Wildman–Crippen MR) is 104 cm³/mol. The molecule has 3 rings (SSSR count). The Balaban J connectivity index is 1.63. The fourth-order valence-corrected chi connectivity index (χ4v) is 3.56. The number of hydrogen-bond donors (Lipinski definition) is 2. The van der Waals surface area contributed by atoms with Gasteiger partial charge < -0.3 is 4.74 Å². The van der Waals surface area contributed by atoms with Crippen LogP contribution in [0.5, 0.6) is 5.75 Å². The van der Waals surface area contributed by atoms with Crippen molar-refractivity contribution in [1.29, 1.82) is 0 Å². The molecule has 1 amide bonds. The maximum absolute atomic E-state index is 12.2. The fraction of sp³-hybridized carbons (Fsp3) is 0.105. The largest absolute Gasteiger partial charge is 0.481 e. The molecule has 0 aliphatic carbocycles. The van der Waals surface area contributed by atoms with E-state index in [2.05, 4.69) is 5.43 Å². The Morgan fingerprint density at radius 3 is 2.48 bits per heavy atom. The molecule has 0 heterocycles. The van der Waals surface area contributed by atoms with E-state index in [-0.39, 0.29) is 9.92 Å². The highest BCUT2D eigenvalue weighted by Gasteiger charge is 2.19. The minimum absolute atomic E-state index is 0.0570. The summed E-state index contributed by atoms with van der Waals surface area (Å²) in [5.41, 5.74) is 2.15. The molecule has 0 unspecified atom stereocenters. The summed E-state index contributed by atoms with van der Waals surface area (Å²) >= 11 is 5.80. The van der Waals surface area contributed by atoms with E-state index < -0.39 is 22.0 Å². The van der Waals surface area contributed by atoms with Crippen molar-refractivity contribution in [2.45, 2.75) is 17.9 Å². The summed E-state index contributed by atoms with van der Waals surface area (Å²) < 4.78 is 30.0. The summed E-state index contributed by atoms with van der Waals surface area (Å²) in [5.74, 6) is -0.122. The number of nitrogens with one attached hydrogen (secondary N) is 2. The van der Waals surface area contributed by atoms with Crippen LogP contribution in [0.4, 0.5) is 0 Å². The summed E-state index contributed by atoms with van der Waals surface area (Å²) in [4.78, 5) is 14.1. The average molecular weight is 405 g/mol. The van der Waals surface area contributed by atoms with Crippen molar-refractivity contribution in [2.24, 2.45) is 0 Å².